The zero-order valence-electron chi connectivity index (χ0n) is 12.6. The fourth-order valence-electron chi connectivity index (χ4n) is 2.31. The van der Waals surface area contributed by atoms with Crippen molar-refractivity contribution in [2.75, 3.05) is 19.0 Å². The fourth-order valence-corrected chi connectivity index (χ4v) is 2.31. The maximum Gasteiger partial charge on any atom is 0.127 e. The van der Waals surface area contributed by atoms with E-state index >= 15 is 0 Å². The molecule has 0 aliphatic rings. The Labute approximate surface area is 121 Å². The van der Waals surface area contributed by atoms with Crippen LogP contribution in [0.2, 0.25) is 0 Å². The minimum atomic E-state index is -0.0838. The Kier molecular flexibility index (Phi) is 4.23. The lowest BCUT2D eigenvalue weighted by Gasteiger charge is -2.20. The van der Waals surface area contributed by atoms with E-state index in [1.807, 2.05) is 21.0 Å². The van der Waals surface area contributed by atoms with Gasteiger partial charge in [-0.15, -0.1) is 0 Å². The number of nitrogens with zero attached hydrogens (tertiary/aromatic N) is 1. The van der Waals surface area contributed by atoms with Crippen LogP contribution in [0.15, 0.2) is 42.5 Å². The van der Waals surface area contributed by atoms with Crippen molar-refractivity contribution in [1.29, 1.82) is 0 Å². The monoisotopic (exact) mass is 267 g/mol. The molecule has 2 aromatic rings. The van der Waals surface area contributed by atoms with Crippen molar-refractivity contribution >= 4 is 12.0 Å². The van der Waals surface area contributed by atoms with Crippen molar-refractivity contribution in [3.8, 4) is 11.1 Å². The number of hydrogen-bond donors (Lipinski definition) is 0. The molecule has 0 fully saturated rings. The second kappa shape index (κ2) is 5.91. The molecule has 0 heterocycles. The van der Waals surface area contributed by atoms with E-state index in [4.69, 9.17) is 0 Å². The zero-order valence-corrected chi connectivity index (χ0v) is 12.6. The number of benzene rings is 2. The third-order valence-electron chi connectivity index (χ3n) is 3.59. The van der Waals surface area contributed by atoms with Crippen LogP contribution >= 0.6 is 0 Å². The molecule has 0 aliphatic carbocycles. The smallest absolute Gasteiger partial charge is 0.127 e. The van der Waals surface area contributed by atoms with Crippen molar-refractivity contribution in [2.45, 2.75) is 19.8 Å². The van der Waals surface area contributed by atoms with Gasteiger partial charge in [0.15, 0.2) is 0 Å². The Bertz CT molecular complexity index is 599. The quantitative estimate of drug-likeness (QED) is 0.779. The van der Waals surface area contributed by atoms with Crippen LogP contribution in [0.25, 0.3) is 11.1 Å². The summed E-state index contributed by atoms with van der Waals surface area (Å²) in [5.74, 6) is -0.0838. The first-order valence-electron chi connectivity index (χ1n) is 6.86. The molecule has 0 saturated heterocycles. The summed E-state index contributed by atoms with van der Waals surface area (Å²) in [6.45, 7) is 4.02. The Hall–Kier alpha value is -2.09. The second-order valence-electron chi connectivity index (χ2n) is 5.46. The standard InChI is InChI=1S/C18H21NO/c1-13-5-7-15(8-6-13)16-9-10-17(14(2)12-20)18(11-16)19(3)4/h5-12,14H,1-4H3. The number of aryl methyl sites for hydroxylation is 1. The van der Waals surface area contributed by atoms with Gasteiger partial charge in [-0.2, -0.15) is 0 Å². The number of anilines is 1. The number of hydrogen-bond acceptors (Lipinski definition) is 2. The van der Waals surface area contributed by atoms with Gasteiger partial charge in [-0.3, -0.25) is 0 Å². The molecule has 104 valence electrons. The van der Waals surface area contributed by atoms with Gasteiger partial charge in [0.2, 0.25) is 0 Å². The highest BCUT2D eigenvalue weighted by Crippen LogP contribution is 2.31. The first kappa shape index (κ1) is 14.3. The van der Waals surface area contributed by atoms with Crippen molar-refractivity contribution in [3.63, 3.8) is 0 Å². The maximum atomic E-state index is 11.1. The van der Waals surface area contributed by atoms with Gasteiger partial charge in [0, 0.05) is 25.7 Å². The number of rotatable bonds is 4. The molecular formula is C18H21NO. The van der Waals surface area contributed by atoms with Crippen molar-refractivity contribution in [2.24, 2.45) is 0 Å². The molecule has 2 rings (SSSR count). The van der Waals surface area contributed by atoms with E-state index in [0.717, 1.165) is 17.5 Å². The second-order valence-corrected chi connectivity index (χ2v) is 5.46. The lowest BCUT2D eigenvalue weighted by Crippen LogP contribution is -2.13. The summed E-state index contributed by atoms with van der Waals surface area (Å²) < 4.78 is 0. The van der Waals surface area contributed by atoms with Crippen molar-refractivity contribution in [3.05, 3.63) is 53.6 Å². The summed E-state index contributed by atoms with van der Waals surface area (Å²) in [7, 11) is 4.02. The molecule has 2 nitrogen and oxygen atoms in total. The molecule has 0 bridgehead atoms. The Morgan fingerprint density at radius 3 is 2.15 bits per heavy atom. The van der Waals surface area contributed by atoms with E-state index in [9.17, 15) is 4.79 Å². The molecule has 20 heavy (non-hydrogen) atoms. The predicted molar refractivity (Wildman–Crippen MR) is 85.4 cm³/mol. The average molecular weight is 267 g/mol. The first-order chi connectivity index (χ1) is 9.52. The van der Waals surface area contributed by atoms with Gasteiger partial charge < -0.3 is 9.69 Å². The van der Waals surface area contributed by atoms with Crippen molar-refractivity contribution in [1.82, 2.24) is 0 Å². The lowest BCUT2D eigenvalue weighted by molar-refractivity contribution is -0.108. The zero-order chi connectivity index (χ0) is 14.7. The van der Waals surface area contributed by atoms with Gasteiger partial charge in [0.1, 0.15) is 6.29 Å². The molecule has 0 aliphatic heterocycles. The van der Waals surface area contributed by atoms with Crippen LogP contribution < -0.4 is 4.90 Å². The molecule has 0 spiro atoms. The number of carbonyl (C=O) groups excluding carboxylic acids is 1. The predicted octanol–water partition coefficient (Wildman–Crippen LogP) is 4.03. The van der Waals surface area contributed by atoms with Crippen LogP contribution in [-0.4, -0.2) is 20.4 Å². The molecule has 0 radical (unpaired) electrons. The highest BCUT2D eigenvalue weighted by atomic mass is 16.1. The van der Waals surface area contributed by atoms with Crippen LogP contribution in [0.3, 0.4) is 0 Å². The first-order valence-corrected chi connectivity index (χ1v) is 6.86. The normalized spacial score (nSPS) is 12.0. The highest BCUT2D eigenvalue weighted by molar-refractivity contribution is 5.75. The topological polar surface area (TPSA) is 20.3 Å². The summed E-state index contributed by atoms with van der Waals surface area (Å²) >= 11 is 0. The molecule has 0 amide bonds. The summed E-state index contributed by atoms with van der Waals surface area (Å²) in [5, 5.41) is 0. The summed E-state index contributed by atoms with van der Waals surface area (Å²) in [6, 6.07) is 14.8. The SMILES string of the molecule is Cc1ccc(-c2ccc(C(C)C=O)c(N(C)C)c2)cc1. The molecule has 1 atom stereocenters. The maximum absolute atomic E-state index is 11.1. The molecule has 0 N–H and O–H groups in total. The summed E-state index contributed by atoms with van der Waals surface area (Å²) in [6.07, 6.45) is 0.994. The molecule has 2 heteroatoms. The Balaban J connectivity index is 2.49. The molecule has 0 aromatic heterocycles. The van der Waals surface area contributed by atoms with Crippen LogP contribution in [-0.2, 0) is 4.79 Å². The Morgan fingerprint density at radius 1 is 1.00 bits per heavy atom. The molecular weight excluding hydrogens is 246 g/mol. The Morgan fingerprint density at radius 2 is 1.60 bits per heavy atom. The van der Waals surface area contributed by atoms with E-state index < -0.39 is 0 Å². The van der Waals surface area contributed by atoms with Gasteiger partial charge in [0.05, 0.1) is 0 Å². The largest absolute Gasteiger partial charge is 0.377 e. The molecule has 2 aromatic carbocycles. The van der Waals surface area contributed by atoms with E-state index in [0.29, 0.717) is 0 Å². The van der Waals surface area contributed by atoms with E-state index in [2.05, 4.69) is 54.3 Å². The number of carbonyl (C=O) groups is 1. The minimum Gasteiger partial charge on any atom is -0.377 e. The van der Waals surface area contributed by atoms with Gasteiger partial charge in [-0.25, -0.2) is 0 Å². The van der Waals surface area contributed by atoms with Gasteiger partial charge in [0.25, 0.3) is 0 Å². The summed E-state index contributed by atoms with van der Waals surface area (Å²) in [5.41, 5.74) is 5.80. The average Bonchev–Trinajstić information content (AvgIpc) is 2.46. The van der Waals surface area contributed by atoms with Crippen LogP contribution in [0.5, 0.6) is 0 Å². The highest BCUT2D eigenvalue weighted by Gasteiger charge is 2.12. The van der Waals surface area contributed by atoms with Crippen LogP contribution in [0.1, 0.15) is 24.0 Å². The van der Waals surface area contributed by atoms with Crippen LogP contribution in [0.4, 0.5) is 5.69 Å². The number of aldehydes is 1. The van der Waals surface area contributed by atoms with Crippen molar-refractivity contribution < 1.29 is 4.79 Å². The van der Waals surface area contributed by atoms with E-state index in [1.54, 1.807) is 0 Å². The minimum absolute atomic E-state index is 0.0838. The van der Waals surface area contributed by atoms with Gasteiger partial charge in [-0.05, 0) is 29.7 Å². The van der Waals surface area contributed by atoms with Gasteiger partial charge in [-0.1, -0.05) is 48.9 Å². The third-order valence-corrected chi connectivity index (χ3v) is 3.59. The van der Waals surface area contributed by atoms with Crippen LogP contribution in [0, 0.1) is 6.92 Å². The fraction of sp³-hybridized carbons (Fsp3) is 0.278. The molecule has 0 saturated carbocycles. The third kappa shape index (κ3) is 2.90. The summed E-state index contributed by atoms with van der Waals surface area (Å²) in [4.78, 5) is 13.1. The lowest BCUT2D eigenvalue weighted by atomic mass is 9.95. The van der Waals surface area contributed by atoms with E-state index in [1.165, 1.54) is 16.7 Å². The molecule has 1 unspecified atom stereocenters. The van der Waals surface area contributed by atoms with E-state index in [-0.39, 0.29) is 5.92 Å². The van der Waals surface area contributed by atoms with Gasteiger partial charge >= 0.3 is 0 Å².